The molecule has 2 aliphatic heterocycles. The number of nitrogens with zero attached hydrogens (tertiary/aromatic N) is 3. The molecule has 0 bridgehead atoms. The lowest BCUT2D eigenvalue weighted by molar-refractivity contribution is -0.117. The summed E-state index contributed by atoms with van der Waals surface area (Å²) in [5, 5.41) is 6.82. The number of ether oxygens (including phenoxy) is 1. The van der Waals surface area contributed by atoms with Gasteiger partial charge >= 0.3 is 0 Å². The molecule has 0 unspecified atom stereocenters. The maximum Gasteiger partial charge on any atom is 0.253 e. The number of nitrogens with one attached hydrogen (secondary N) is 2. The van der Waals surface area contributed by atoms with Crippen molar-refractivity contribution in [3.05, 3.63) is 47.1 Å². The molecule has 9 heteroatoms. The summed E-state index contributed by atoms with van der Waals surface area (Å²) in [5.74, 6) is 0.779. The molecule has 0 radical (unpaired) electrons. The Bertz CT molecular complexity index is 1090. The highest BCUT2D eigenvalue weighted by molar-refractivity contribution is 7.18. The van der Waals surface area contributed by atoms with E-state index in [-0.39, 0.29) is 18.4 Å². The molecule has 4 heterocycles. The minimum Gasteiger partial charge on any atom is -0.381 e. The number of amides is 2. The van der Waals surface area contributed by atoms with Crippen LogP contribution in [0.4, 0.5) is 11.5 Å². The second kappa shape index (κ2) is 8.60. The number of aromatic nitrogens is 2. The minimum absolute atomic E-state index is 0.00664. The van der Waals surface area contributed by atoms with Gasteiger partial charge in [-0.2, -0.15) is 0 Å². The monoisotopic (exact) mass is 437 g/mol. The summed E-state index contributed by atoms with van der Waals surface area (Å²) in [6, 6.07) is 9.65. The maximum absolute atomic E-state index is 12.8. The molecule has 3 aromatic rings. The average Bonchev–Trinajstić information content (AvgIpc) is 3.23. The lowest BCUT2D eigenvalue weighted by atomic mass is 9.99. The Morgan fingerprint density at radius 1 is 1.29 bits per heavy atom. The Kier molecular flexibility index (Phi) is 5.52. The minimum atomic E-state index is -0.237. The Balaban J connectivity index is 1.31. The van der Waals surface area contributed by atoms with Gasteiger partial charge in [-0.3, -0.25) is 9.59 Å². The van der Waals surface area contributed by atoms with Gasteiger partial charge in [0.2, 0.25) is 5.91 Å². The van der Waals surface area contributed by atoms with E-state index in [9.17, 15) is 9.59 Å². The van der Waals surface area contributed by atoms with Gasteiger partial charge in [-0.15, -0.1) is 11.3 Å². The molecule has 5 rings (SSSR count). The highest BCUT2D eigenvalue weighted by Crippen LogP contribution is 2.30. The molecule has 31 heavy (non-hydrogen) atoms. The van der Waals surface area contributed by atoms with Crippen LogP contribution in [0.3, 0.4) is 0 Å². The molecule has 0 spiro atoms. The predicted octanol–water partition coefficient (Wildman–Crippen LogP) is 2.81. The molecule has 1 fully saturated rings. The predicted molar refractivity (Wildman–Crippen MR) is 119 cm³/mol. The summed E-state index contributed by atoms with van der Waals surface area (Å²) in [5.41, 5.74) is 2.02. The average molecular weight is 438 g/mol. The third kappa shape index (κ3) is 4.24. The maximum atomic E-state index is 12.8. The van der Waals surface area contributed by atoms with Crippen molar-refractivity contribution in [2.24, 2.45) is 5.92 Å². The third-order valence-corrected chi connectivity index (χ3v) is 6.69. The van der Waals surface area contributed by atoms with Crippen LogP contribution in [-0.4, -0.2) is 48.1 Å². The van der Waals surface area contributed by atoms with Crippen molar-refractivity contribution in [1.82, 2.24) is 15.3 Å². The fraction of sp³-hybridized carbons (Fsp3) is 0.364. The Morgan fingerprint density at radius 2 is 2.13 bits per heavy atom. The van der Waals surface area contributed by atoms with Gasteiger partial charge in [-0.25, -0.2) is 9.97 Å². The number of benzene rings is 1. The van der Waals surface area contributed by atoms with E-state index in [0.717, 1.165) is 41.3 Å². The van der Waals surface area contributed by atoms with Gasteiger partial charge in [-0.05, 0) is 37.0 Å². The zero-order valence-corrected chi connectivity index (χ0v) is 17.8. The van der Waals surface area contributed by atoms with Gasteiger partial charge in [0.15, 0.2) is 0 Å². The number of fused-ring (bicyclic) bond motifs is 2. The molecule has 2 aliphatic rings. The number of rotatable bonds is 5. The van der Waals surface area contributed by atoms with Crippen LogP contribution in [0.25, 0.3) is 10.2 Å². The number of para-hydroxylation sites is 1. The van der Waals surface area contributed by atoms with E-state index in [1.54, 1.807) is 28.5 Å². The molecule has 0 aliphatic carbocycles. The largest absolute Gasteiger partial charge is 0.381 e. The van der Waals surface area contributed by atoms with Crippen LogP contribution >= 0.6 is 11.3 Å². The van der Waals surface area contributed by atoms with Crippen LogP contribution in [0.2, 0.25) is 0 Å². The highest BCUT2D eigenvalue weighted by atomic mass is 32.1. The fourth-order valence-electron chi connectivity index (χ4n) is 3.95. The smallest absolute Gasteiger partial charge is 0.253 e. The number of pyridine rings is 1. The van der Waals surface area contributed by atoms with Crippen molar-refractivity contribution in [1.29, 1.82) is 0 Å². The van der Waals surface area contributed by atoms with E-state index in [0.29, 0.717) is 36.1 Å². The highest BCUT2D eigenvalue weighted by Gasteiger charge is 2.29. The standard InChI is InChI=1S/C22H23N5O3S/c28-20-12-24-21-17(27(20)13-14-5-7-30-8-6-14)9-15(10-23-21)22(29)25-11-19-26-16-3-1-2-4-18(16)31-19/h1-4,9-10,14H,5-8,11-13H2,(H,23,24)(H,25,29). The first-order chi connectivity index (χ1) is 15.2. The van der Waals surface area contributed by atoms with E-state index >= 15 is 0 Å². The second-order valence-corrected chi connectivity index (χ2v) is 8.88. The van der Waals surface area contributed by atoms with Crippen LogP contribution in [0.15, 0.2) is 36.5 Å². The zero-order valence-electron chi connectivity index (χ0n) is 17.0. The molecule has 0 atom stereocenters. The number of hydrogen-bond donors (Lipinski definition) is 2. The molecule has 2 N–H and O–H groups in total. The third-order valence-electron chi connectivity index (χ3n) is 5.65. The molecular weight excluding hydrogens is 414 g/mol. The Hall–Kier alpha value is -3.04. The van der Waals surface area contributed by atoms with Crippen LogP contribution in [0.1, 0.15) is 28.2 Å². The summed E-state index contributed by atoms with van der Waals surface area (Å²) >= 11 is 1.56. The molecular formula is C22H23N5O3S. The molecule has 1 aromatic carbocycles. The van der Waals surface area contributed by atoms with Crippen molar-refractivity contribution in [2.45, 2.75) is 19.4 Å². The van der Waals surface area contributed by atoms with E-state index in [1.165, 1.54) is 0 Å². The van der Waals surface area contributed by atoms with E-state index in [2.05, 4.69) is 20.6 Å². The Labute approximate surface area is 183 Å². The fourth-order valence-corrected chi connectivity index (χ4v) is 4.86. The van der Waals surface area contributed by atoms with Gasteiger partial charge in [0.05, 0.1) is 34.6 Å². The molecule has 0 saturated carbocycles. The molecule has 8 nitrogen and oxygen atoms in total. The number of carbonyl (C=O) groups is 2. The van der Waals surface area contributed by atoms with E-state index in [4.69, 9.17) is 4.74 Å². The lowest BCUT2D eigenvalue weighted by Gasteiger charge is -2.33. The number of thiazole rings is 1. The molecule has 160 valence electrons. The van der Waals surface area contributed by atoms with E-state index in [1.807, 2.05) is 24.3 Å². The molecule has 2 amide bonds. The Morgan fingerprint density at radius 3 is 2.97 bits per heavy atom. The van der Waals surface area contributed by atoms with Crippen molar-refractivity contribution in [3.8, 4) is 0 Å². The van der Waals surface area contributed by atoms with Gasteiger partial charge < -0.3 is 20.3 Å². The van der Waals surface area contributed by atoms with Crippen molar-refractivity contribution < 1.29 is 14.3 Å². The molecule has 1 saturated heterocycles. The van der Waals surface area contributed by atoms with Gasteiger partial charge in [0.25, 0.3) is 5.91 Å². The summed E-state index contributed by atoms with van der Waals surface area (Å²) in [6.45, 7) is 2.63. The van der Waals surface area contributed by atoms with Gasteiger partial charge in [0.1, 0.15) is 10.8 Å². The number of hydrogen-bond acceptors (Lipinski definition) is 7. The first-order valence-electron chi connectivity index (χ1n) is 10.4. The summed E-state index contributed by atoms with van der Waals surface area (Å²) < 4.78 is 6.53. The summed E-state index contributed by atoms with van der Waals surface area (Å²) in [6.07, 6.45) is 3.41. The van der Waals surface area contributed by atoms with Crippen molar-refractivity contribution in [2.75, 3.05) is 36.5 Å². The van der Waals surface area contributed by atoms with Crippen LogP contribution in [0.5, 0.6) is 0 Å². The normalized spacial score (nSPS) is 16.8. The van der Waals surface area contributed by atoms with Crippen LogP contribution < -0.4 is 15.5 Å². The van der Waals surface area contributed by atoms with Crippen molar-refractivity contribution >= 4 is 44.9 Å². The van der Waals surface area contributed by atoms with Crippen molar-refractivity contribution in [3.63, 3.8) is 0 Å². The quantitative estimate of drug-likeness (QED) is 0.637. The number of carbonyl (C=O) groups excluding carboxylic acids is 2. The SMILES string of the molecule is O=C(NCc1nc2ccccc2s1)c1cnc2c(c1)N(CC1CCOCC1)C(=O)CN2. The lowest BCUT2D eigenvalue weighted by Crippen LogP contribution is -2.44. The summed E-state index contributed by atoms with van der Waals surface area (Å²) in [4.78, 5) is 36.1. The first-order valence-corrected chi connectivity index (χ1v) is 11.2. The second-order valence-electron chi connectivity index (χ2n) is 7.76. The zero-order chi connectivity index (χ0) is 21.2. The molecule has 2 aromatic heterocycles. The van der Waals surface area contributed by atoms with Gasteiger partial charge in [0, 0.05) is 26.0 Å². The van der Waals surface area contributed by atoms with Gasteiger partial charge in [-0.1, -0.05) is 12.1 Å². The van der Waals surface area contributed by atoms with Crippen LogP contribution in [0, 0.1) is 5.92 Å². The first kappa shape index (κ1) is 19.9. The van der Waals surface area contributed by atoms with E-state index < -0.39 is 0 Å². The topological polar surface area (TPSA) is 96.5 Å². The summed E-state index contributed by atoms with van der Waals surface area (Å²) in [7, 11) is 0. The number of anilines is 2. The van der Waals surface area contributed by atoms with Crippen LogP contribution in [-0.2, 0) is 16.1 Å².